The minimum atomic E-state index is -4.64. The van der Waals surface area contributed by atoms with Crippen LogP contribution in [0.4, 0.5) is 0 Å². The van der Waals surface area contributed by atoms with Crippen molar-refractivity contribution in [2.24, 2.45) is 0 Å². The molecular formula is C45H78NO8P. The lowest BCUT2D eigenvalue weighted by Crippen LogP contribution is -2.37. The SMILES string of the molecule is CC/C=C\C/C=C\C/C=C\C/C=C\C/C=C\CCCC(=O)OC(COC(=O)CCCCCCC/C=C\CCCCCCC)COP(=O)([O-])OCC[N+](C)(C)C. The van der Waals surface area contributed by atoms with Crippen molar-refractivity contribution in [1.29, 1.82) is 0 Å². The second-order valence-corrected chi connectivity index (χ2v) is 16.4. The van der Waals surface area contributed by atoms with Crippen LogP contribution in [-0.2, 0) is 32.7 Å². The molecule has 0 saturated carbocycles. The summed E-state index contributed by atoms with van der Waals surface area (Å²) in [5.41, 5.74) is 0. The van der Waals surface area contributed by atoms with Crippen LogP contribution in [0.1, 0.15) is 149 Å². The van der Waals surface area contributed by atoms with Crippen LogP contribution in [0.15, 0.2) is 72.9 Å². The third-order valence-electron chi connectivity index (χ3n) is 8.46. The molecule has 0 aliphatic heterocycles. The van der Waals surface area contributed by atoms with E-state index in [0.29, 0.717) is 30.3 Å². The molecule has 0 fully saturated rings. The van der Waals surface area contributed by atoms with Crippen LogP contribution in [0.25, 0.3) is 0 Å². The lowest BCUT2D eigenvalue weighted by molar-refractivity contribution is -0.870. The zero-order valence-electron chi connectivity index (χ0n) is 35.3. The van der Waals surface area contributed by atoms with Crippen molar-refractivity contribution in [1.82, 2.24) is 0 Å². The van der Waals surface area contributed by atoms with Gasteiger partial charge in [0.25, 0.3) is 7.82 Å². The first-order valence-corrected chi connectivity index (χ1v) is 22.6. The number of carbonyl (C=O) groups excluding carboxylic acids is 2. The number of phosphoric ester groups is 1. The van der Waals surface area contributed by atoms with E-state index in [1.807, 2.05) is 27.2 Å². The minimum Gasteiger partial charge on any atom is -0.756 e. The van der Waals surface area contributed by atoms with Gasteiger partial charge in [-0.15, -0.1) is 0 Å². The van der Waals surface area contributed by atoms with Crippen molar-refractivity contribution in [3.63, 3.8) is 0 Å². The van der Waals surface area contributed by atoms with E-state index >= 15 is 0 Å². The number of nitrogens with zero attached hydrogens (tertiary/aromatic N) is 1. The fraction of sp³-hybridized carbons (Fsp3) is 0.689. The lowest BCUT2D eigenvalue weighted by Gasteiger charge is -2.28. The van der Waals surface area contributed by atoms with Crippen LogP contribution in [0, 0.1) is 0 Å². The number of quaternary nitrogens is 1. The highest BCUT2D eigenvalue weighted by Gasteiger charge is 2.21. The van der Waals surface area contributed by atoms with Crippen molar-refractivity contribution >= 4 is 19.8 Å². The van der Waals surface area contributed by atoms with Gasteiger partial charge in [0.15, 0.2) is 6.10 Å². The molecule has 0 heterocycles. The standard InChI is InChI=1S/C45H78NO8P/c1-6-8-10-12-14-16-18-20-22-23-24-26-28-30-32-34-36-38-45(48)54-43(42-53-55(49,50)52-40-39-46(3,4)5)41-51-44(47)37-35-33-31-29-27-25-21-19-17-15-13-11-9-7-2/h8,10,14,16,19-22,24,26,30,32,43H,6-7,9,11-13,15,17-18,23,25,27-29,31,33-42H2,1-5H3/b10-8-,16-14-,21-19-,22-20-,26-24-,32-30-. The number of likely N-dealkylation sites (N-methyl/N-ethyl adjacent to an activating group) is 1. The Kier molecular flexibility index (Phi) is 35.3. The van der Waals surface area contributed by atoms with Gasteiger partial charge in [0.05, 0.1) is 27.7 Å². The molecule has 9 nitrogen and oxygen atoms in total. The van der Waals surface area contributed by atoms with E-state index in [1.54, 1.807) is 0 Å². The van der Waals surface area contributed by atoms with Gasteiger partial charge < -0.3 is 27.9 Å². The molecule has 2 unspecified atom stereocenters. The van der Waals surface area contributed by atoms with Gasteiger partial charge in [0.2, 0.25) is 0 Å². The zero-order chi connectivity index (χ0) is 40.7. The van der Waals surface area contributed by atoms with E-state index in [2.05, 4.69) is 80.7 Å². The summed E-state index contributed by atoms with van der Waals surface area (Å²) in [7, 11) is 1.11. The fourth-order valence-electron chi connectivity index (χ4n) is 5.15. The van der Waals surface area contributed by atoms with Crippen LogP contribution < -0.4 is 4.89 Å². The van der Waals surface area contributed by atoms with Crippen molar-refractivity contribution < 1.29 is 42.1 Å². The molecule has 55 heavy (non-hydrogen) atoms. The predicted octanol–water partition coefficient (Wildman–Crippen LogP) is 11.2. The average molecular weight is 792 g/mol. The molecule has 0 saturated heterocycles. The maximum atomic E-state index is 12.6. The van der Waals surface area contributed by atoms with Gasteiger partial charge in [-0.05, 0) is 77.0 Å². The van der Waals surface area contributed by atoms with Crippen molar-refractivity contribution in [3.05, 3.63) is 72.9 Å². The molecule has 0 amide bonds. The Balaban J connectivity index is 4.52. The number of phosphoric acid groups is 1. The van der Waals surface area contributed by atoms with Crippen LogP contribution in [0.2, 0.25) is 0 Å². The zero-order valence-corrected chi connectivity index (χ0v) is 36.2. The van der Waals surface area contributed by atoms with Gasteiger partial charge in [-0.1, -0.05) is 132 Å². The van der Waals surface area contributed by atoms with Crippen LogP contribution >= 0.6 is 7.82 Å². The van der Waals surface area contributed by atoms with E-state index in [-0.39, 0.29) is 26.1 Å². The summed E-state index contributed by atoms with van der Waals surface area (Å²) >= 11 is 0. The van der Waals surface area contributed by atoms with Gasteiger partial charge in [-0.2, -0.15) is 0 Å². The first kappa shape index (κ1) is 52.5. The summed E-state index contributed by atoms with van der Waals surface area (Å²) in [6.45, 7) is 4.00. The van der Waals surface area contributed by atoms with Gasteiger partial charge in [-0.25, -0.2) is 0 Å². The Morgan fingerprint density at radius 1 is 0.582 bits per heavy atom. The molecule has 0 aromatic heterocycles. The first-order chi connectivity index (χ1) is 26.5. The second kappa shape index (κ2) is 37.1. The first-order valence-electron chi connectivity index (χ1n) is 21.1. The molecule has 0 spiro atoms. The Hall–Kier alpha value is -2.55. The highest BCUT2D eigenvalue weighted by Crippen LogP contribution is 2.38. The van der Waals surface area contributed by atoms with E-state index in [0.717, 1.165) is 64.2 Å². The molecule has 0 aliphatic rings. The number of rotatable bonds is 37. The van der Waals surface area contributed by atoms with Crippen molar-refractivity contribution in [2.45, 2.75) is 155 Å². The molecule has 0 rings (SSSR count). The molecule has 0 N–H and O–H groups in total. The normalized spacial score (nSPS) is 14.4. The summed E-state index contributed by atoms with van der Waals surface area (Å²) in [4.78, 5) is 37.4. The third kappa shape index (κ3) is 40.9. The van der Waals surface area contributed by atoms with Crippen LogP contribution in [0.5, 0.6) is 0 Å². The monoisotopic (exact) mass is 792 g/mol. The molecule has 10 heteroatoms. The number of allylic oxidation sites excluding steroid dienone is 12. The number of carbonyl (C=O) groups is 2. The predicted molar refractivity (Wildman–Crippen MR) is 226 cm³/mol. The molecule has 2 atom stereocenters. The maximum absolute atomic E-state index is 12.6. The highest BCUT2D eigenvalue weighted by atomic mass is 31.2. The van der Waals surface area contributed by atoms with E-state index in [4.69, 9.17) is 18.5 Å². The molecule has 0 aliphatic carbocycles. The minimum absolute atomic E-state index is 0.0462. The molecule has 0 aromatic carbocycles. The Morgan fingerprint density at radius 3 is 1.62 bits per heavy atom. The Labute approximate surface area is 336 Å². The van der Waals surface area contributed by atoms with Crippen LogP contribution in [-0.4, -0.2) is 70.0 Å². The molecule has 0 radical (unpaired) electrons. The summed E-state index contributed by atoms with van der Waals surface area (Å²) in [6.07, 6.45) is 45.1. The smallest absolute Gasteiger partial charge is 0.306 e. The quantitative estimate of drug-likeness (QED) is 0.0201. The Bertz CT molecular complexity index is 1170. The molecule has 316 valence electrons. The maximum Gasteiger partial charge on any atom is 0.306 e. The number of esters is 2. The second-order valence-electron chi connectivity index (χ2n) is 15.0. The summed E-state index contributed by atoms with van der Waals surface area (Å²) in [5.74, 6) is -0.920. The lowest BCUT2D eigenvalue weighted by atomic mass is 10.1. The molecule has 0 aromatic rings. The van der Waals surface area contributed by atoms with Crippen molar-refractivity contribution in [2.75, 3.05) is 47.5 Å². The van der Waals surface area contributed by atoms with Gasteiger partial charge >= 0.3 is 11.9 Å². The van der Waals surface area contributed by atoms with Crippen LogP contribution in [0.3, 0.4) is 0 Å². The third-order valence-corrected chi connectivity index (χ3v) is 9.42. The average Bonchev–Trinajstić information content (AvgIpc) is 3.13. The molecular weight excluding hydrogens is 713 g/mol. The van der Waals surface area contributed by atoms with Gasteiger partial charge in [-0.3, -0.25) is 14.2 Å². The van der Waals surface area contributed by atoms with E-state index in [9.17, 15) is 19.0 Å². The van der Waals surface area contributed by atoms with E-state index in [1.165, 1.54) is 38.5 Å². The van der Waals surface area contributed by atoms with Gasteiger partial charge in [0, 0.05) is 12.8 Å². The molecule has 0 bridgehead atoms. The van der Waals surface area contributed by atoms with Crippen molar-refractivity contribution in [3.8, 4) is 0 Å². The number of ether oxygens (including phenoxy) is 2. The van der Waals surface area contributed by atoms with Gasteiger partial charge in [0.1, 0.15) is 19.8 Å². The fourth-order valence-corrected chi connectivity index (χ4v) is 5.88. The number of hydrogen-bond acceptors (Lipinski definition) is 8. The summed E-state index contributed by atoms with van der Waals surface area (Å²) < 4.78 is 33.8. The van der Waals surface area contributed by atoms with E-state index < -0.39 is 32.5 Å². The number of unbranched alkanes of at least 4 members (excludes halogenated alkanes) is 11. The summed E-state index contributed by atoms with van der Waals surface area (Å²) in [5, 5.41) is 0. The largest absolute Gasteiger partial charge is 0.756 e. The number of hydrogen-bond donors (Lipinski definition) is 0. The summed E-state index contributed by atoms with van der Waals surface area (Å²) in [6, 6.07) is 0. The Morgan fingerprint density at radius 2 is 1.05 bits per heavy atom. The topological polar surface area (TPSA) is 111 Å². The highest BCUT2D eigenvalue weighted by molar-refractivity contribution is 7.45.